The van der Waals surface area contributed by atoms with Gasteiger partial charge in [-0.3, -0.25) is 9.78 Å². The number of Topliss-reactive ketones (excluding diaryl/α,β-unsaturated/α-hetero) is 1. The second kappa shape index (κ2) is 7.84. The van der Waals surface area contributed by atoms with Crippen molar-refractivity contribution in [1.82, 2.24) is 20.2 Å². The minimum atomic E-state index is -0.464. The highest BCUT2D eigenvalue weighted by atomic mass is 35.5. The molecule has 0 saturated heterocycles. The zero-order valence-electron chi connectivity index (χ0n) is 16.3. The minimum Gasteiger partial charge on any atom is -0.424 e. The number of aromatic nitrogens is 4. The third-order valence-electron chi connectivity index (χ3n) is 5.27. The summed E-state index contributed by atoms with van der Waals surface area (Å²) in [7, 11) is 0. The Morgan fingerprint density at radius 2 is 2.06 bits per heavy atom. The van der Waals surface area contributed by atoms with Gasteiger partial charge in [0.05, 0.1) is 45.3 Å². The lowest BCUT2D eigenvalue weighted by Gasteiger charge is -2.03. The molecule has 3 heterocycles. The van der Waals surface area contributed by atoms with Gasteiger partial charge in [0.25, 0.3) is 0 Å². The van der Waals surface area contributed by atoms with Gasteiger partial charge in [0.15, 0.2) is 0 Å². The maximum Gasteiger partial charge on any atom is 0.223 e. The van der Waals surface area contributed by atoms with E-state index in [9.17, 15) is 4.79 Å². The Hall–Kier alpha value is -3.15. The predicted molar refractivity (Wildman–Crippen MR) is 116 cm³/mol. The number of carbonyl (C=O) groups excluding carboxylic acids is 1. The van der Waals surface area contributed by atoms with E-state index in [0.717, 1.165) is 39.3 Å². The number of ketones is 1. The first-order chi connectivity index (χ1) is 15.0. The van der Waals surface area contributed by atoms with Gasteiger partial charge in [-0.1, -0.05) is 17.7 Å². The van der Waals surface area contributed by atoms with Crippen molar-refractivity contribution in [2.24, 2.45) is 5.41 Å². The number of fused-ring (bicyclic) bond motifs is 1. The number of benzene rings is 1. The summed E-state index contributed by atoms with van der Waals surface area (Å²) in [6.07, 6.45) is 3.96. The largest absolute Gasteiger partial charge is 0.424 e. The summed E-state index contributed by atoms with van der Waals surface area (Å²) < 4.78 is 6.52. The van der Waals surface area contributed by atoms with E-state index in [1.807, 2.05) is 30.3 Å². The molecule has 31 heavy (non-hydrogen) atoms. The van der Waals surface area contributed by atoms with Gasteiger partial charge < -0.3 is 4.42 Å². The molecule has 5 rings (SSSR count). The molecular formula is C22H16ClN5O2S. The van der Waals surface area contributed by atoms with Crippen molar-refractivity contribution in [3.05, 3.63) is 58.3 Å². The lowest BCUT2D eigenvalue weighted by molar-refractivity contribution is -0.119. The summed E-state index contributed by atoms with van der Waals surface area (Å²) in [4.78, 5) is 21.2. The van der Waals surface area contributed by atoms with Gasteiger partial charge in [0.1, 0.15) is 10.8 Å². The fourth-order valence-corrected chi connectivity index (χ4v) is 4.82. The molecule has 9 heteroatoms. The van der Waals surface area contributed by atoms with E-state index in [1.165, 1.54) is 11.3 Å². The smallest absolute Gasteiger partial charge is 0.223 e. The summed E-state index contributed by atoms with van der Waals surface area (Å²) in [5.41, 5.74) is 1.99. The van der Waals surface area contributed by atoms with E-state index in [1.54, 1.807) is 6.20 Å². The van der Waals surface area contributed by atoms with Crippen LogP contribution in [0.25, 0.3) is 21.5 Å². The van der Waals surface area contributed by atoms with Crippen molar-refractivity contribution in [3.8, 4) is 17.3 Å². The third-order valence-corrected chi connectivity index (χ3v) is 6.86. The van der Waals surface area contributed by atoms with E-state index in [-0.39, 0.29) is 24.5 Å². The number of hydrogen-bond donors (Lipinski definition) is 0. The molecule has 0 radical (unpaired) electrons. The normalized spacial score (nSPS) is 14.5. The summed E-state index contributed by atoms with van der Waals surface area (Å²) >= 11 is 8.11. The fraction of sp³-hybridized carbons (Fsp3) is 0.273. The number of nitrogens with zero attached hydrogens (tertiary/aromatic N) is 5. The van der Waals surface area contributed by atoms with Crippen LogP contribution in [-0.4, -0.2) is 25.9 Å². The molecule has 0 atom stereocenters. The third kappa shape index (κ3) is 4.07. The van der Waals surface area contributed by atoms with Crippen LogP contribution in [0.4, 0.5) is 0 Å². The Kier molecular flexibility index (Phi) is 5.00. The molecule has 0 N–H and O–H groups in total. The van der Waals surface area contributed by atoms with Crippen molar-refractivity contribution in [1.29, 1.82) is 5.26 Å². The van der Waals surface area contributed by atoms with Crippen LogP contribution in [0.1, 0.15) is 36.1 Å². The molecule has 0 bridgehead atoms. The van der Waals surface area contributed by atoms with Crippen molar-refractivity contribution in [2.45, 2.75) is 32.1 Å². The summed E-state index contributed by atoms with van der Waals surface area (Å²) in [6.45, 7) is 0. The molecule has 1 aliphatic carbocycles. The Labute approximate surface area is 186 Å². The van der Waals surface area contributed by atoms with Crippen molar-refractivity contribution in [3.63, 3.8) is 0 Å². The SMILES string of the molecule is N#CC1(CC(=O)Cc2nnc(Cc3nc4ccc(-c5ccccn5)c(Cl)c4s3)o2)CC1. The van der Waals surface area contributed by atoms with Gasteiger partial charge in [-0.15, -0.1) is 21.5 Å². The van der Waals surface area contributed by atoms with Crippen molar-refractivity contribution in [2.75, 3.05) is 0 Å². The Bertz CT molecular complexity index is 1320. The van der Waals surface area contributed by atoms with Gasteiger partial charge in [0, 0.05) is 18.2 Å². The Morgan fingerprint density at radius 1 is 1.23 bits per heavy atom. The van der Waals surface area contributed by atoms with Gasteiger partial charge in [-0.25, -0.2) is 4.98 Å². The fourth-order valence-electron chi connectivity index (χ4n) is 3.45. The number of thiazole rings is 1. The monoisotopic (exact) mass is 449 g/mol. The highest BCUT2D eigenvalue weighted by Gasteiger charge is 2.44. The number of pyridine rings is 1. The molecular weight excluding hydrogens is 434 g/mol. The number of carbonyl (C=O) groups is 1. The Morgan fingerprint density at radius 3 is 2.81 bits per heavy atom. The Balaban J connectivity index is 1.31. The molecule has 0 amide bonds. The van der Waals surface area contributed by atoms with Crippen LogP contribution in [0.3, 0.4) is 0 Å². The molecule has 1 aromatic carbocycles. The minimum absolute atomic E-state index is 0.0511. The lowest BCUT2D eigenvalue weighted by atomic mass is 10.00. The molecule has 7 nitrogen and oxygen atoms in total. The average Bonchev–Trinajstić information content (AvgIpc) is 3.20. The van der Waals surface area contributed by atoms with Gasteiger partial charge >= 0.3 is 0 Å². The molecule has 0 unspecified atom stereocenters. The second-order valence-corrected chi connectivity index (χ2v) is 9.11. The van der Waals surface area contributed by atoms with Crippen molar-refractivity contribution >= 4 is 38.9 Å². The molecule has 1 aliphatic rings. The summed E-state index contributed by atoms with van der Waals surface area (Å²) in [6, 6.07) is 11.8. The standard InChI is InChI=1S/C22H16ClN5O2S/c23-20-14(15-3-1-2-8-25-15)4-5-16-21(20)31-19(26-16)10-18-28-27-17(30-18)9-13(29)11-22(12-24)6-7-22/h1-5,8H,6-7,9-11H2. The first-order valence-corrected chi connectivity index (χ1v) is 11.0. The van der Waals surface area contributed by atoms with Crippen molar-refractivity contribution < 1.29 is 9.21 Å². The number of nitriles is 1. The molecule has 0 aliphatic heterocycles. The molecule has 1 saturated carbocycles. The first kappa shape index (κ1) is 19.8. The van der Waals surface area contributed by atoms with Crippen LogP contribution in [0, 0.1) is 16.7 Å². The predicted octanol–water partition coefficient (Wildman–Crippen LogP) is 4.79. The first-order valence-electron chi connectivity index (χ1n) is 9.79. The van der Waals surface area contributed by atoms with Crippen LogP contribution >= 0.6 is 22.9 Å². The van der Waals surface area contributed by atoms with Crippen LogP contribution in [0.2, 0.25) is 5.02 Å². The molecule has 154 valence electrons. The summed E-state index contributed by atoms with van der Waals surface area (Å²) in [5, 5.41) is 18.6. The van der Waals surface area contributed by atoms with E-state index >= 15 is 0 Å². The molecule has 0 spiro atoms. The van der Waals surface area contributed by atoms with Crippen LogP contribution in [0.15, 0.2) is 40.9 Å². The molecule has 1 fully saturated rings. The maximum absolute atomic E-state index is 12.2. The van der Waals surface area contributed by atoms with Gasteiger partial charge in [0.2, 0.25) is 11.8 Å². The highest BCUT2D eigenvalue weighted by molar-refractivity contribution is 7.19. The van der Waals surface area contributed by atoms with E-state index < -0.39 is 5.41 Å². The average molecular weight is 450 g/mol. The maximum atomic E-state index is 12.2. The van der Waals surface area contributed by atoms with Crippen LogP contribution in [-0.2, 0) is 17.6 Å². The van der Waals surface area contributed by atoms with E-state index in [0.29, 0.717) is 17.3 Å². The second-order valence-electron chi connectivity index (χ2n) is 7.65. The lowest BCUT2D eigenvalue weighted by Crippen LogP contribution is -2.10. The quantitative estimate of drug-likeness (QED) is 0.399. The zero-order valence-corrected chi connectivity index (χ0v) is 17.9. The molecule has 4 aromatic rings. The summed E-state index contributed by atoms with van der Waals surface area (Å²) in [5.74, 6) is 0.609. The number of rotatable bonds is 7. The van der Waals surface area contributed by atoms with Crippen LogP contribution in [0.5, 0.6) is 0 Å². The van der Waals surface area contributed by atoms with Crippen LogP contribution < -0.4 is 0 Å². The number of halogens is 1. The highest BCUT2D eigenvalue weighted by Crippen LogP contribution is 2.48. The number of hydrogen-bond acceptors (Lipinski definition) is 8. The van der Waals surface area contributed by atoms with E-state index in [4.69, 9.17) is 21.3 Å². The van der Waals surface area contributed by atoms with Gasteiger partial charge in [-0.2, -0.15) is 5.26 Å². The van der Waals surface area contributed by atoms with Gasteiger partial charge in [-0.05, 0) is 37.1 Å². The topological polar surface area (TPSA) is 106 Å². The zero-order chi connectivity index (χ0) is 21.4. The van der Waals surface area contributed by atoms with E-state index in [2.05, 4.69) is 26.2 Å². The molecule has 3 aromatic heterocycles.